The minimum Gasteiger partial charge on any atom is -0.330 e. The van der Waals surface area contributed by atoms with Crippen LogP contribution in [0.1, 0.15) is 28.0 Å². The molecule has 0 fully saturated rings. The second kappa shape index (κ2) is 6.49. The summed E-state index contributed by atoms with van der Waals surface area (Å²) in [7, 11) is 0. The average molecular weight is 290 g/mol. The van der Waals surface area contributed by atoms with Gasteiger partial charge in [-0.15, -0.1) is 0 Å². The maximum absolute atomic E-state index is 13.1. The summed E-state index contributed by atoms with van der Waals surface area (Å²) >= 11 is 0. The number of aryl methyl sites for hydroxylation is 2. The van der Waals surface area contributed by atoms with E-state index in [1.165, 1.54) is 12.1 Å². The molecule has 21 heavy (non-hydrogen) atoms. The smallest absolute Gasteiger partial charge is 0.259 e. The van der Waals surface area contributed by atoms with Crippen molar-refractivity contribution in [2.24, 2.45) is 5.73 Å². The topological polar surface area (TPSA) is 72.9 Å². The molecule has 1 heterocycles. The van der Waals surface area contributed by atoms with Crippen molar-refractivity contribution in [3.05, 3.63) is 47.0 Å². The summed E-state index contributed by atoms with van der Waals surface area (Å²) in [6.07, 6.45) is 2.35. The molecule has 112 valence electrons. The summed E-state index contributed by atoms with van der Waals surface area (Å²) < 4.78 is 14.8. The van der Waals surface area contributed by atoms with Crippen LogP contribution in [0.2, 0.25) is 0 Å². The molecule has 0 aliphatic rings. The third kappa shape index (κ3) is 3.46. The zero-order valence-corrected chi connectivity index (χ0v) is 12.2. The summed E-state index contributed by atoms with van der Waals surface area (Å²) in [5.74, 6) is -0.572. The Labute approximate surface area is 123 Å². The van der Waals surface area contributed by atoms with Gasteiger partial charge in [-0.3, -0.25) is 9.48 Å². The van der Waals surface area contributed by atoms with Crippen LogP contribution in [-0.4, -0.2) is 22.2 Å². The van der Waals surface area contributed by atoms with Crippen molar-refractivity contribution in [2.45, 2.75) is 26.8 Å². The number of hydrogen-bond acceptors (Lipinski definition) is 3. The number of hydrogen-bond donors (Lipinski definition) is 2. The van der Waals surface area contributed by atoms with Crippen molar-refractivity contribution in [3.63, 3.8) is 0 Å². The maximum Gasteiger partial charge on any atom is 0.259 e. The van der Waals surface area contributed by atoms with E-state index in [-0.39, 0.29) is 11.7 Å². The van der Waals surface area contributed by atoms with Crippen LogP contribution >= 0.6 is 0 Å². The van der Waals surface area contributed by atoms with Crippen molar-refractivity contribution in [1.82, 2.24) is 9.78 Å². The average Bonchev–Trinajstić information content (AvgIpc) is 2.81. The van der Waals surface area contributed by atoms with Gasteiger partial charge in [-0.2, -0.15) is 5.10 Å². The van der Waals surface area contributed by atoms with Crippen molar-refractivity contribution in [2.75, 3.05) is 11.9 Å². The van der Waals surface area contributed by atoms with E-state index in [2.05, 4.69) is 10.4 Å². The molecular weight excluding hydrogens is 271 g/mol. The Morgan fingerprint density at radius 1 is 1.43 bits per heavy atom. The maximum atomic E-state index is 13.1. The predicted octanol–water partition coefficient (Wildman–Crippen LogP) is 2.24. The number of amides is 1. The molecule has 0 saturated heterocycles. The Bertz CT molecular complexity index is 651. The highest BCUT2D eigenvalue weighted by Gasteiger charge is 2.15. The van der Waals surface area contributed by atoms with Gasteiger partial charge in [0, 0.05) is 17.9 Å². The van der Waals surface area contributed by atoms with Gasteiger partial charge >= 0.3 is 0 Å². The number of halogens is 1. The largest absolute Gasteiger partial charge is 0.330 e. The van der Waals surface area contributed by atoms with Crippen LogP contribution in [0.15, 0.2) is 24.4 Å². The molecule has 1 amide bonds. The highest BCUT2D eigenvalue weighted by molar-refractivity contribution is 6.05. The van der Waals surface area contributed by atoms with E-state index in [9.17, 15) is 9.18 Å². The molecule has 2 aromatic rings. The summed E-state index contributed by atoms with van der Waals surface area (Å²) in [6.45, 7) is 4.85. The quantitative estimate of drug-likeness (QED) is 0.887. The number of benzene rings is 1. The molecule has 0 radical (unpaired) electrons. The molecule has 0 aliphatic carbocycles. The lowest BCUT2D eigenvalue weighted by atomic mass is 10.1. The van der Waals surface area contributed by atoms with E-state index < -0.39 is 0 Å². The summed E-state index contributed by atoms with van der Waals surface area (Å²) in [5.41, 5.74) is 8.05. The first-order valence-corrected chi connectivity index (χ1v) is 6.83. The van der Waals surface area contributed by atoms with Gasteiger partial charge in [0.05, 0.1) is 11.8 Å². The van der Waals surface area contributed by atoms with Gasteiger partial charge in [0.15, 0.2) is 0 Å². The molecule has 1 aromatic carbocycles. The van der Waals surface area contributed by atoms with Crippen molar-refractivity contribution < 1.29 is 9.18 Å². The molecule has 0 bridgehead atoms. The van der Waals surface area contributed by atoms with Gasteiger partial charge in [0.1, 0.15) is 5.82 Å². The molecular formula is C15H19FN4O. The molecule has 0 aliphatic heterocycles. The molecule has 2 rings (SSSR count). The van der Waals surface area contributed by atoms with E-state index in [1.807, 2.05) is 6.92 Å². The third-order valence-corrected chi connectivity index (χ3v) is 3.36. The SMILES string of the molecule is Cc1cc(F)ccc1NC(=O)c1cnn(CCCN)c1C. The lowest BCUT2D eigenvalue weighted by Crippen LogP contribution is -2.14. The van der Waals surface area contributed by atoms with Crippen LogP contribution in [0.3, 0.4) is 0 Å². The van der Waals surface area contributed by atoms with Crippen LogP contribution < -0.4 is 11.1 Å². The Balaban J connectivity index is 2.15. The summed E-state index contributed by atoms with van der Waals surface area (Å²) in [4.78, 5) is 12.3. The van der Waals surface area contributed by atoms with Crippen molar-refractivity contribution >= 4 is 11.6 Å². The van der Waals surface area contributed by atoms with Gasteiger partial charge in [-0.1, -0.05) is 0 Å². The Morgan fingerprint density at radius 3 is 2.86 bits per heavy atom. The van der Waals surface area contributed by atoms with Crippen LogP contribution in [0.25, 0.3) is 0 Å². The predicted molar refractivity (Wildman–Crippen MR) is 79.7 cm³/mol. The van der Waals surface area contributed by atoms with E-state index >= 15 is 0 Å². The highest BCUT2D eigenvalue weighted by Crippen LogP contribution is 2.17. The number of anilines is 1. The fraction of sp³-hybridized carbons (Fsp3) is 0.333. The number of carbonyl (C=O) groups excluding carboxylic acids is 1. The van der Waals surface area contributed by atoms with Crippen LogP contribution in [0.5, 0.6) is 0 Å². The lowest BCUT2D eigenvalue weighted by Gasteiger charge is -2.08. The van der Waals surface area contributed by atoms with E-state index in [4.69, 9.17) is 5.73 Å². The van der Waals surface area contributed by atoms with Gasteiger partial charge in [-0.05, 0) is 50.6 Å². The number of nitrogens with one attached hydrogen (secondary N) is 1. The zero-order chi connectivity index (χ0) is 15.4. The first kappa shape index (κ1) is 15.2. The second-order valence-corrected chi connectivity index (χ2v) is 4.92. The molecule has 0 saturated carbocycles. The van der Waals surface area contributed by atoms with Gasteiger partial charge in [0.25, 0.3) is 5.91 Å². The first-order chi connectivity index (χ1) is 10.0. The zero-order valence-electron chi connectivity index (χ0n) is 12.2. The minimum absolute atomic E-state index is 0.249. The second-order valence-electron chi connectivity index (χ2n) is 4.92. The fourth-order valence-corrected chi connectivity index (χ4v) is 2.09. The van der Waals surface area contributed by atoms with Crippen LogP contribution in [-0.2, 0) is 6.54 Å². The van der Waals surface area contributed by atoms with Crippen molar-refractivity contribution in [3.8, 4) is 0 Å². The third-order valence-electron chi connectivity index (χ3n) is 3.36. The molecule has 0 spiro atoms. The van der Waals surface area contributed by atoms with Crippen LogP contribution in [0.4, 0.5) is 10.1 Å². The van der Waals surface area contributed by atoms with Gasteiger partial charge in [0.2, 0.25) is 0 Å². The molecule has 3 N–H and O–H groups in total. The molecule has 0 unspecified atom stereocenters. The van der Waals surface area contributed by atoms with Crippen molar-refractivity contribution in [1.29, 1.82) is 0 Å². The minimum atomic E-state index is -0.323. The monoisotopic (exact) mass is 290 g/mol. The molecule has 1 aromatic heterocycles. The lowest BCUT2D eigenvalue weighted by molar-refractivity contribution is 0.102. The summed E-state index contributed by atoms with van der Waals surface area (Å²) in [6, 6.07) is 4.25. The number of carbonyl (C=O) groups is 1. The molecule has 6 heteroatoms. The summed E-state index contributed by atoms with van der Waals surface area (Å²) in [5, 5.41) is 6.97. The Hall–Kier alpha value is -2.21. The van der Waals surface area contributed by atoms with E-state index in [1.54, 1.807) is 23.9 Å². The van der Waals surface area contributed by atoms with Gasteiger partial charge in [-0.25, -0.2) is 4.39 Å². The highest BCUT2D eigenvalue weighted by atomic mass is 19.1. The number of aromatic nitrogens is 2. The number of nitrogens with two attached hydrogens (primary N) is 1. The Kier molecular flexibility index (Phi) is 4.70. The molecule has 0 atom stereocenters. The normalized spacial score (nSPS) is 10.7. The fourth-order valence-electron chi connectivity index (χ4n) is 2.09. The molecule has 5 nitrogen and oxygen atoms in total. The standard InChI is InChI=1S/C15H19FN4O/c1-10-8-12(16)4-5-14(10)19-15(21)13-9-18-20(11(13)2)7-3-6-17/h4-5,8-9H,3,6-7,17H2,1-2H3,(H,19,21). The van der Waals surface area contributed by atoms with E-state index in [0.717, 1.165) is 12.1 Å². The van der Waals surface area contributed by atoms with E-state index in [0.29, 0.717) is 29.9 Å². The van der Waals surface area contributed by atoms with Gasteiger partial charge < -0.3 is 11.1 Å². The Morgan fingerprint density at radius 2 is 2.19 bits per heavy atom. The number of rotatable bonds is 5. The first-order valence-electron chi connectivity index (χ1n) is 6.83. The number of nitrogens with zero attached hydrogens (tertiary/aromatic N) is 2. The van der Waals surface area contributed by atoms with Crippen LogP contribution in [0, 0.1) is 19.7 Å².